The molecule has 3 aromatic rings. The van der Waals surface area contributed by atoms with Gasteiger partial charge >= 0.3 is 5.97 Å². The molecule has 4 rings (SSSR count). The second-order valence-corrected chi connectivity index (χ2v) is 9.67. The molecule has 15 heteroatoms. The third-order valence-corrected chi connectivity index (χ3v) is 6.51. The van der Waals surface area contributed by atoms with E-state index in [-0.39, 0.29) is 12.0 Å². The second-order valence-electron chi connectivity index (χ2n) is 9.23. The maximum Gasteiger partial charge on any atom is 0.335 e. The summed E-state index contributed by atoms with van der Waals surface area (Å²) in [4.78, 5) is 52.1. The largest absolute Gasteiger partial charge is 0.478 e. The van der Waals surface area contributed by atoms with Gasteiger partial charge in [-0.1, -0.05) is 11.6 Å². The van der Waals surface area contributed by atoms with E-state index < -0.39 is 29.7 Å². The van der Waals surface area contributed by atoms with Crippen molar-refractivity contribution in [2.75, 3.05) is 44.7 Å². The minimum Gasteiger partial charge on any atom is -0.478 e. The Balaban J connectivity index is 1.43. The summed E-state index contributed by atoms with van der Waals surface area (Å²) >= 11 is 6.14. The average Bonchev–Trinajstić information content (AvgIpc) is 3.51. The van der Waals surface area contributed by atoms with Crippen LogP contribution < -0.4 is 16.0 Å². The van der Waals surface area contributed by atoms with Crippen molar-refractivity contribution in [2.24, 2.45) is 0 Å². The number of hydrogen-bond acceptors (Lipinski definition) is 9. The Bertz CT molecular complexity index is 1420. The Hall–Kier alpha value is -4.66. The number of carbonyl (C=O) groups excluding carboxylic acids is 3. The highest BCUT2D eigenvalue weighted by Crippen LogP contribution is 2.20. The zero-order valence-corrected chi connectivity index (χ0v) is 23.2. The van der Waals surface area contributed by atoms with Crippen molar-refractivity contribution < 1.29 is 29.0 Å². The van der Waals surface area contributed by atoms with Gasteiger partial charge in [0.05, 0.1) is 30.9 Å². The highest BCUT2D eigenvalue weighted by molar-refractivity contribution is 6.30. The van der Waals surface area contributed by atoms with Crippen LogP contribution in [0.2, 0.25) is 5.02 Å². The molecule has 1 fully saturated rings. The number of rotatable bonds is 12. The third-order valence-electron chi connectivity index (χ3n) is 6.28. The Morgan fingerprint density at radius 1 is 1.10 bits per heavy atom. The fourth-order valence-electron chi connectivity index (χ4n) is 4.10. The molecule has 0 radical (unpaired) electrons. The highest BCUT2D eigenvalue weighted by atomic mass is 35.5. The van der Waals surface area contributed by atoms with E-state index in [0.717, 1.165) is 13.1 Å². The number of carbonyl (C=O) groups is 4. The summed E-state index contributed by atoms with van der Waals surface area (Å²) in [5.74, 6) is -2.83. The molecule has 0 aliphatic carbocycles. The minimum absolute atomic E-state index is 0.0460. The number of ether oxygens (including phenoxy) is 1. The normalized spacial score (nSPS) is 14.3. The van der Waals surface area contributed by atoms with Gasteiger partial charge in [0.15, 0.2) is 0 Å². The molecule has 1 aliphatic rings. The summed E-state index contributed by atoms with van der Waals surface area (Å²) in [6.07, 6.45) is 3.76. The number of aromatic nitrogens is 4. The van der Waals surface area contributed by atoms with Crippen LogP contribution in [-0.2, 0) is 19.1 Å². The number of halogens is 1. The molecule has 0 saturated carbocycles. The van der Waals surface area contributed by atoms with Gasteiger partial charge in [-0.05, 0) is 59.0 Å². The molecule has 1 saturated heterocycles. The number of nitrogens with zero attached hydrogens (tertiary/aromatic N) is 5. The summed E-state index contributed by atoms with van der Waals surface area (Å²) in [7, 11) is 0. The van der Waals surface area contributed by atoms with E-state index in [4.69, 9.17) is 21.4 Å². The lowest BCUT2D eigenvalue weighted by molar-refractivity contribution is -0.128. The summed E-state index contributed by atoms with van der Waals surface area (Å²) in [5.41, 5.74) is 1.44. The first-order valence-electron chi connectivity index (χ1n) is 13.0. The molecular formula is C27H29ClN8O6. The molecule has 2 aromatic carbocycles. The van der Waals surface area contributed by atoms with Crippen molar-refractivity contribution in [1.29, 1.82) is 0 Å². The summed E-state index contributed by atoms with van der Waals surface area (Å²) in [6.45, 7) is 3.80. The molecule has 1 aliphatic heterocycles. The molecule has 1 atom stereocenters. The molecule has 0 spiro atoms. The number of tetrazole rings is 1. The van der Waals surface area contributed by atoms with E-state index in [1.807, 2.05) is 0 Å². The first-order chi connectivity index (χ1) is 20.3. The van der Waals surface area contributed by atoms with Crippen LogP contribution in [0.4, 0.5) is 5.69 Å². The number of benzene rings is 2. The van der Waals surface area contributed by atoms with Crippen LogP contribution in [0.5, 0.6) is 0 Å². The number of amides is 3. The van der Waals surface area contributed by atoms with Crippen LogP contribution in [0.25, 0.3) is 11.8 Å². The van der Waals surface area contributed by atoms with Crippen LogP contribution in [0.1, 0.15) is 22.3 Å². The van der Waals surface area contributed by atoms with Gasteiger partial charge in [-0.25, -0.2) is 4.79 Å². The Morgan fingerprint density at radius 2 is 1.86 bits per heavy atom. The predicted molar refractivity (Wildman–Crippen MR) is 152 cm³/mol. The summed E-state index contributed by atoms with van der Waals surface area (Å²) in [5, 5.41) is 28.6. The van der Waals surface area contributed by atoms with Crippen molar-refractivity contribution in [3.8, 4) is 5.69 Å². The number of anilines is 1. The first-order valence-corrected chi connectivity index (χ1v) is 13.4. The fraction of sp³-hybridized carbons (Fsp3) is 0.296. The lowest BCUT2D eigenvalue weighted by Gasteiger charge is -2.26. The quantitative estimate of drug-likeness (QED) is 0.220. The Labute approximate surface area is 245 Å². The van der Waals surface area contributed by atoms with Crippen molar-refractivity contribution in [3.63, 3.8) is 0 Å². The van der Waals surface area contributed by atoms with Gasteiger partial charge in [-0.2, -0.15) is 4.68 Å². The SMILES string of the molecule is O=C(C=Cc1cc(Cl)ccc1-n1cnnn1)NC(CC(=O)NCCN1CCOCC1)C(=O)Nc1ccc(C(=O)O)cc1. The maximum atomic E-state index is 13.1. The third kappa shape index (κ3) is 8.92. The summed E-state index contributed by atoms with van der Waals surface area (Å²) < 4.78 is 6.73. The van der Waals surface area contributed by atoms with E-state index in [0.29, 0.717) is 48.3 Å². The lowest BCUT2D eigenvalue weighted by Crippen LogP contribution is -2.47. The van der Waals surface area contributed by atoms with Gasteiger partial charge in [0.2, 0.25) is 17.7 Å². The van der Waals surface area contributed by atoms with Gasteiger partial charge in [0.25, 0.3) is 0 Å². The highest BCUT2D eigenvalue weighted by Gasteiger charge is 2.24. The number of aromatic carboxylic acids is 1. The molecular weight excluding hydrogens is 568 g/mol. The van der Waals surface area contributed by atoms with Crippen LogP contribution in [0.3, 0.4) is 0 Å². The van der Waals surface area contributed by atoms with E-state index >= 15 is 0 Å². The molecule has 3 amide bonds. The number of nitrogens with one attached hydrogen (secondary N) is 3. The zero-order chi connectivity index (χ0) is 29.9. The van der Waals surface area contributed by atoms with Crippen molar-refractivity contribution in [3.05, 3.63) is 71.0 Å². The second kappa shape index (κ2) is 14.8. The number of hydrogen-bond donors (Lipinski definition) is 4. The van der Waals surface area contributed by atoms with Crippen molar-refractivity contribution in [2.45, 2.75) is 12.5 Å². The summed E-state index contributed by atoms with van der Waals surface area (Å²) in [6, 6.07) is 9.22. The average molecular weight is 597 g/mol. The first kappa shape index (κ1) is 30.3. The molecule has 1 aromatic heterocycles. The van der Waals surface area contributed by atoms with E-state index in [9.17, 15) is 19.2 Å². The molecule has 42 heavy (non-hydrogen) atoms. The topological polar surface area (TPSA) is 181 Å². The standard InChI is InChI=1S/C27H29ClN8O6/c28-20-4-7-23(36-17-30-33-34-36)19(15-20)3-8-24(37)32-22(16-25(38)29-9-10-35-11-13-42-14-12-35)26(39)31-21-5-1-18(2-6-21)27(40)41/h1-8,15,17,22H,9-14,16H2,(H,29,38)(H,31,39)(H,32,37)(H,40,41). The molecule has 1 unspecified atom stereocenters. The van der Waals surface area contributed by atoms with Gasteiger partial charge in [-0.3, -0.25) is 19.3 Å². The van der Waals surface area contributed by atoms with Crippen LogP contribution in [0.15, 0.2) is 54.9 Å². The molecule has 220 valence electrons. The number of morpholine rings is 1. The Morgan fingerprint density at radius 3 is 2.55 bits per heavy atom. The smallest absolute Gasteiger partial charge is 0.335 e. The maximum absolute atomic E-state index is 13.1. The van der Waals surface area contributed by atoms with Crippen LogP contribution in [0, 0.1) is 0 Å². The molecule has 4 N–H and O–H groups in total. The predicted octanol–water partition coefficient (Wildman–Crippen LogP) is 0.989. The zero-order valence-electron chi connectivity index (χ0n) is 22.4. The molecule has 14 nitrogen and oxygen atoms in total. The molecule has 0 bridgehead atoms. The van der Waals surface area contributed by atoms with E-state index in [1.54, 1.807) is 18.2 Å². The van der Waals surface area contributed by atoms with Crippen LogP contribution in [-0.4, -0.2) is 99.3 Å². The van der Waals surface area contributed by atoms with Gasteiger partial charge < -0.3 is 25.8 Å². The number of carboxylic acids is 1. The lowest BCUT2D eigenvalue weighted by atomic mass is 10.1. The van der Waals surface area contributed by atoms with Crippen LogP contribution >= 0.6 is 11.6 Å². The Kier molecular flexibility index (Phi) is 10.7. The van der Waals surface area contributed by atoms with Gasteiger partial charge in [0.1, 0.15) is 12.4 Å². The fourth-order valence-corrected chi connectivity index (χ4v) is 4.28. The monoisotopic (exact) mass is 596 g/mol. The van der Waals surface area contributed by atoms with Crippen molar-refractivity contribution >= 4 is 47.1 Å². The van der Waals surface area contributed by atoms with Crippen molar-refractivity contribution in [1.82, 2.24) is 35.7 Å². The minimum atomic E-state index is -1.23. The van der Waals surface area contributed by atoms with E-state index in [2.05, 4.69) is 36.4 Å². The number of carboxylic acid groups (broad SMARTS) is 1. The van der Waals surface area contributed by atoms with Gasteiger partial charge in [0, 0.05) is 48.5 Å². The van der Waals surface area contributed by atoms with Gasteiger partial charge in [-0.15, -0.1) is 5.10 Å². The molecule has 2 heterocycles. The van der Waals surface area contributed by atoms with E-state index in [1.165, 1.54) is 47.4 Å².